The maximum atomic E-state index is 14.4. The molecule has 2 unspecified atom stereocenters. The molecule has 182 valence electrons. The number of amides is 1. The van der Waals surface area contributed by atoms with Crippen molar-refractivity contribution in [2.24, 2.45) is 5.73 Å². The van der Waals surface area contributed by atoms with Crippen LogP contribution in [0.5, 0.6) is 5.75 Å². The van der Waals surface area contributed by atoms with Crippen molar-refractivity contribution in [1.29, 1.82) is 0 Å². The fraction of sp³-hybridized carbons (Fsp3) is 0.542. The first-order valence-electron chi connectivity index (χ1n) is 11.9. The fourth-order valence-corrected chi connectivity index (χ4v) is 5.99. The Bertz CT molecular complexity index is 1190. The van der Waals surface area contributed by atoms with E-state index in [9.17, 15) is 13.6 Å². The maximum absolute atomic E-state index is 14.4. The van der Waals surface area contributed by atoms with Crippen LogP contribution in [0.2, 0.25) is 0 Å². The SMILES string of the molecule is CCc1sc(C(=O)NC2C(N)CCCC2(F)F)cc1-c1cnn2cc(OC3CCCC3)cnc12. The number of rotatable bonds is 6. The fourth-order valence-electron chi connectivity index (χ4n) is 4.97. The first-order chi connectivity index (χ1) is 16.4. The summed E-state index contributed by atoms with van der Waals surface area (Å²) in [7, 11) is 0. The third-order valence-corrected chi connectivity index (χ3v) is 8.08. The molecule has 0 saturated heterocycles. The smallest absolute Gasteiger partial charge is 0.269 e. The van der Waals surface area contributed by atoms with Crippen LogP contribution >= 0.6 is 11.3 Å². The molecule has 0 radical (unpaired) electrons. The highest BCUT2D eigenvalue weighted by molar-refractivity contribution is 7.14. The van der Waals surface area contributed by atoms with Crippen molar-refractivity contribution >= 4 is 22.9 Å². The number of ether oxygens (including phenoxy) is 1. The van der Waals surface area contributed by atoms with Crippen molar-refractivity contribution in [2.75, 3.05) is 0 Å². The van der Waals surface area contributed by atoms with Gasteiger partial charge in [0.1, 0.15) is 6.04 Å². The molecule has 2 fully saturated rings. The molecule has 2 aliphatic rings. The Hall–Kier alpha value is -2.59. The topological polar surface area (TPSA) is 94.5 Å². The lowest BCUT2D eigenvalue weighted by Gasteiger charge is -2.36. The Morgan fingerprint density at radius 2 is 2.06 bits per heavy atom. The number of carbonyl (C=O) groups is 1. The number of fused-ring (bicyclic) bond motifs is 1. The van der Waals surface area contributed by atoms with Gasteiger partial charge in [-0.1, -0.05) is 6.92 Å². The van der Waals surface area contributed by atoms with Crippen LogP contribution in [0.4, 0.5) is 8.78 Å². The van der Waals surface area contributed by atoms with Crippen LogP contribution in [0, 0.1) is 0 Å². The number of nitrogens with two attached hydrogens (primary N) is 1. The number of alkyl halides is 2. The van der Waals surface area contributed by atoms with Gasteiger partial charge in [-0.15, -0.1) is 11.3 Å². The van der Waals surface area contributed by atoms with Crippen LogP contribution in [-0.4, -0.2) is 44.6 Å². The van der Waals surface area contributed by atoms with Crippen LogP contribution in [0.25, 0.3) is 16.8 Å². The summed E-state index contributed by atoms with van der Waals surface area (Å²) < 4.78 is 36.5. The molecular weight excluding hydrogens is 460 g/mol. The van der Waals surface area contributed by atoms with E-state index in [-0.39, 0.29) is 12.5 Å². The Morgan fingerprint density at radius 1 is 1.26 bits per heavy atom. The van der Waals surface area contributed by atoms with Crippen LogP contribution < -0.4 is 15.8 Å². The third-order valence-electron chi connectivity index (χ3n) is 6.80. The lowest BCUT2D eigenvalue weighted by molar-refractivity contribution is -0.0674. The van der Waals surface area contributed by atoms with Gasteiger partial charge in [0.15, 0.2) is 11.4 Å². The number of nitrogens with one attached hydrogen (secondary N) is 1. The standard InChI is InChI=1S/C24H29F2N5O2S/c1-2-19-16(10-20(34-19)23(32)30-21-18(27)8-5-9-24(21,25)26)17-12-29-31-13-15(11-28-22(17)31)33-14-6-3-4-7-14/h10-14,18,21H,2-9,27H2,1H3,(H,30,32). The number of thiophene rings is 1. The molecule has 3 aromatic rings. The molecule has 5 rings (SSSR count). The zero-order chi connectivity index (χ0) is 23.9. The Morgan fingerprint density at radius 3 is 2.79 bits per heavy atom. The number of nitrogens with zero attached hydrogens (tertiary/aromatic N) is 3. The summed E-state index contributed by atoms with van der Waals surface area (Å²) in [6.45, 7) is 1.99. The summed E-state index contributed by atoms with van der Waals surface area (Å²) in [6, 6.07) is -0.379. The van der Waals surface area contributed by atoms with Gasteiger partial charge in [0, 0.05) is 28.5 Å². The number of hydrogen-bond acceptors (Lipinski definition) is 6. The first-order valence-corrected chi connectivity index (χ1v) is 12.7. The third kappa shape index (κ3) is 4.40. The van der Waals surface area contributed by atoms with Crippen LogP contribution in [0.1, 0.15) is 66.4 Å². The Balaban J connectivity index is 1.40. The van der Waals surface area contributed by atoms with Gasteiger partial charge in [-0.25, -0.2) is 18.3 Å². The lowest BCUT2D eigenvalue weighted by atomic mass is 9.87. The van der Waals surface area contributed by atoms with E-state index in [1.54, 1.807) is 23.0 Å². The average molecular weight is 490 g/mol. The summed E-state index contributed by atoms with van der Waals surface area (Å²) in [5.41, 5.74) is 8.20. The molecule has 0 aromatic carbocycles. The molecule has 0 bridgehead atoms. The molecule has 2 saturated carbocycles. The van der Waals surface area contributed by atoms with Crippen molar-refractivity contribution in [2.45, 2.75) is 82.4 Å². The van der Waals surface area contributed by atoms with Gasteiger partial charge in [-0.05, 0) is 51.0 Å². The minimum atomic E-state index is -3.01. The van der Waals surface area contributed by atoms with Gasteiger partial charge in [0.05, 0.1) is 29.6 Å². The number of aromatic nitrogens is 3. The first kappa shape index (κ1) is 23.2. The van der Waals surface area contributed by atoms with Crippen molar-refractivity contribution in [1.82, 2.24) is 19.9 Å². The summed E-state index contributed by atoms with van der Waals surface area (Å²) in [5.74, 6) is -2.85. The molecule has 10 heteroatoms. The van der Waals surface area contributed by atoms with E-state index in [2.05, 4.69) is 15.4 Å². The highest BCUT2D eigenvalue weighted by Gasteiger charge is 2.46. The molecule has 34 heavy (non-hydrogen) atoms. The number of aryl methyl sites for hydroxylation is 1. The minimum absolute atomic E-state index is 0.226. The van der Waals surface area contributed by atoms with Gasteiger partial charge in [0.2, 0.25) is 0 Å². The van der Waals surface area contributed by atoms with E-state index >= 15 is 0 Å². The highest BCUT2D eigenvalue weighted by Crippen LogP contribution is 2.36. The second-order valence-electron chi connectivity index (χ2n) is 9.21. The van der Waals surface area contributed by atoms with Crippen molar-refractivity contribution in [3.05, 3.63) is 34.4 Å². The zero-order valence-electron chi connectivity index (χ0n) is 19.1. The summed E-state index contributed by atoms with van der Waals surface area (Å²) >= 11 is 1.30. The van der Waals surface area contributed by atoms with Gasteiger partial charge >= 0.3 is 0 Å². The molecule has 2 aliphatic carbocycles. The molecule has 2 atom stereocenters. The van der Waals surface area contributed by atoms with Crippen molar-refractivity contribution < 1.29 is 18.3 Å². The number of carbonyl (C=O) groups excluding carboxylic acids is 1. The van der Waals surface area contributed by atoms with Gasteiger partial charge < -0.3 is 15.8 Å². The van der Waals surface area contributed by atoms with Crippen molar-refractivity contribution in [3.8, 4) is 16.9 Å². The predicted molar refractivity (Wildman–Crippen MR) is 127 cm³/mol. The number of halogens is 2. The highest BCUT2D eigenvalue weighted by atomic mass is 32.1. The van der Waals surface area contributed by atoms with Crippen LogP contribution in [0.3, 0.4) is 0 Å². The van der Waals surface area contributed by atoms with Gasteiger partial charge in [-0.2, -0.15) is 5.10 Å². The van der Waals surface area contributed by atoms with Crippen LogP contribution in [0.15, 0.2) is 24.7 Å². The molecule has 3 aromatic heterocycles. The minimum Gasteiger partial charge on any atom is -0.487 e. The Kier molecular flexibility index (Phi) is 6.28. The lowest BCUT2D eigenvalue weighted by Crippen LogP contribution is -2.59. The van der Waals surface area contributed by atoms with E-state index in [1.807, 2.05) is 13.1 Å². The molecule has 0 aliphatic heterocycles. The van der Waals surface area contributed by atoms with Gasteiger partial charge in [0.25, 0.3) is 11.8 Å². The average Bonchev–Trinajstić information content (AvgIpc) is 3.55. The van der Waals surface area contributed by atoms with E-state index in [1.165, 1.54) is 24.2 Å². The zero-order valence-corrected chi connectivity index (χ0v) is 19.9. The van der Waals surface area contributed by atoms with E-state index in [0.29, 0.717) is 35.5 Å². The molecular formula is C24H29F2N5O2S. The maximum Gasteiger partial charge on any atom is 0.269 e. The van der Waals surface area contributed by atoms with Crippen LogP contribution in [-0.2, 0) is 6.42 Å². The largest absolute Gasteiger partial charge is 0.487 e. The van der Waals surface area contributed by atoms with Gasteiger partial charge in [-0.3, -0.25) is 4.79 Å². The summed E-state index contributed by atoms with van der Waals surface area (Å²) in [5, 5.41) is 6.95. The summed E-state index contributed by atoms with van der Waals surface area (Å²) in [6.07, 6.45) is 11.2. The Labute approximate surface area is 200 Å². The quantitative estimate of drug-likeness (QED) is 0.528. The molecule has 7 nitrogen and oxygen atoms in total. The van der Waals surface area contributed by atoms with E-state index in [4.69, 9.17) is 10.5 Å². The predicted octanol–water partition coefficient (Wildman–Crippen LogP) is 4.59. The van der Waals surface area contributed by atoms with E-state index in [0.717, 1.165) is 28.8 Å². The summed E-state index contributed by atoms with van der Waals surface area (Å²) in [4.78, 5) is 18.8. The number of hydrogen-bond donors (Lipinski definition) is 2. The molecule has 3 heterocycles. The molecule has 1 amide bonds. The normalized spacial score (nSPS) is 22.8. The van der Waals surface area contributed by atoms with Crippen molar-refractivity contribution in [3.63, 3.8) is 0 Å². The second-order valence-corrected chi connectivity index (χ2v) is 10.3. The second kappa shape index (κ2) is 9.22. The monoisotopic (exact) mass is 489 g/mol. The molecule has 3 N–H and O–H groups in total. The van der Waals surface area contributed by atoms with E-state index < -0.39 is 23.9 Å². The molecule has 0 spiro atoms.